The molecule has 1 heterocycles. The summed E-state index contributed by atoms with van der Waals surface area (Å²) in [4.78, 5) is 7.99. The van der Waals surface area contributed by atoms with Gasteiger partial charge < -0.3 is 9.72 Å². The average molecular weight is 363 g/mol. The van der Waals surface area contributed by atoms with Crippen molar-refractivity contribution >= 4 is 34.2 Å². The molecule has 0 saturated heterocycles. The molecule has 3 nitrogen and oxygen atoms in total. The number of aryl methyl sites for hydroxylation is 2. The van der Waals surface area contributed by atoms with Crippen LogP contribution in [0.4, 0.5) is 0 Å². The van der Waals surface area contributed by atoms with Crippen LogP contribution in [0.3, 0.4) is 0 Å². The summed E-state index contributed by atoms with van der Waals surface area (Å²) in [5.74, 6) is 1.67. The maximum Gasteiger partial charge on any atom is 0.156 e. The van der Waals surface area contributed by atoms with Crippen LogP contribution in [0.5, 0.6) is 5.75 Å². The standard InChI is InChI=1S/C19H20Cl2N2O/c1-10(2)9-24-18-14(20)7-13(8-15(18)21)19-22-16-5-11(3)12(4)6-17(16)23-19/h5-8,10H,9H2,1-4H3,(H,22,23). The first-order chi connectivity index (χ1) is 11.3. The molecule has 126 valence electrons. The van der Waals surface area contributed by atoms with E-state index in [1.54, 1.807) is 0 Å². The summed E-state index contributed by atoms with van der Waals surface area (Å²) in [7, 11) is 0. The SMILES string of the molecule is Cc1cc2nc(-c3cc(Cl)c(OCC(C)C)c(Cl)c3)[nH]c2cc1C. The highest BCUT2D eigenvalue weighted by atomic mass is 35.5. The quantitative estimate of drug-likeness (QED) is 0.600. The summed E-state index contributed by atoms with van der Waals surface area (Å²) >= 11 is 12.7. The van der Waals surface area contributed by atoms with Crippen molar-refractivity contribution in [3.05, 3.63) is 45.4 Å². The molecule has 3 rings (SSSR count). The molecule has 0 bridgehead atoms. The molecule has 24 heavy (non-hydrogen) atoms. The summed E-state index contributed by atoms with van der Waals surface area (Å²) in [5.41, 5.74) is 5.22. The number of imidazole rings is 1. The molecule has 0 unspecified atom stereocenters. The zero-order chi connectivity index (χ0) is 17.4. The van der Waals surface area contributed by atoms with Gasteiger partial charge in [0, 0.05) is 5.56 Å². The van der Waals surface area contributed by atoms with Crippen molar-refractivity contribution in [3.8, 4) is 17.1 Å². The molecule has 0 aliphatic rings. The first kappa shape index (κ1) is 17.1. The predicted molar refractivity (Wildman–Crippen MR) is 101 cm³/mol. The van der Waals surface area contributed by atoms with E-state index in [2.05, 4.69) is 49.8 Å². The number of hydrogen-bond donors (Lipinski definition) is 1. The van der Waals surface area contributed by atoms with E-state index in [0.717, 1.165) is 22.4 Å². The van der Waals surface area contributed by atoms with Crippen LogP contribution >= 0.6 is 23.2 Å². The van der Waals surface area contributed by atoms with E-state index in [1.165, 1.54) is 11.1 Å². The number of rotatable bonds is 4. The van der Waals surface area contributed by atoms with Crippen molar-refractivity contribution in [1.29, 1.82) is 0 Å². The fourth-order valence-electron chi connectivity index (χ4n) is 2.49. The van der Waals surface area contributed by atoms with Crippen molar-refractivity contribution < 1.29 is 4.74 Å². The van der Waals surface area contributed by atoms with Crippen LogP contribution < -0.4 is 4.74 Å². The second kappa shape index (κ2) is 6.66. The van der Waals surface area contributed by atoms with E-state index in [1.807, 2.05) is 12.1 Å². The van der Waals surface area contributed by atoms with Gasteiger partial charge in [0.25, 0.3) is 0 Å². The summed E-state index contributed by atoms with van der Waals surface area (Å²) in [6, 6.07) is 7.85. The van der Waals surface area contributed by atoms with Gasteiger partial charge in [0.1, 0.15) is 5.82 Å². The third-order valence-corrected chi connectivity index (χ3v) is 4.49. The minimum Gasteiger partial charge on any atom is -0.490 e. The summed E-state index contributed by atoms with van der Waals surface area (Å²) < 4.78 is 5.72. The third-order valence-electron chi connectivity index (χ3n) is 3.93. The van der Waals surface area contributed by atoms with Gasteiger partial charge in [-0.2, -0.15) is 0 Å². The summed E-state index contributed by atoms with van der Waals surface area (Å²) in [6.45, 7) is 8.90. The highest BCUT2D eigenvalue weighted by Gasteiger charge is 2.14. The Morgan fingerprint density at radius 2 is 1.67 bits per heavy atom. The van der Waals surface area contributed by atoms with E-state index in [4.69, 9.17) is 27.9 Å². The van der Waals surface area contributed by atoms with Gasteiger partial charge in [-0.05, 0) is 55.2 Å². The molecule has 2 aromatic carbocycles. The number of nitrogens with zero attached hydrogens (tertiary/aromatic N) is 1. The topological polar surface area (TPSA) is 37.9 Å². The summed E-state index contributed by atoms with van der Waals surface area (Å²) in [5, 5.41) is 0.983. The smallest absolute Gasteiger partial charge is 0.156 e. The number of hydrogen-bond acceptors (Lipinski definition) is 2. The maximum atomic E-state index is 6.37. The highest BCUT2D eigenvalue weighted by Crippen LogP contribution is 2.37. The monoisotopic (exact) mass is 362 g/mol. The fraction of sp³-hybridized carbons (Fsp3) is 0.316. The lowest BCUT2D eigenvalue weighted by molar-refractivity contribution is 0.271. The molecule has 0 aliphatic heterocycles. The molecule has 1 aromatic heterocycles. The number of H-pyrrole nitrogens is 1. The third kappa shape index (κ3) is 3.38. The van der Waals surface area contributed by atoms with E-state index in [-0.39, 0.29) is 0 Å². The second-order valence-electron chi connectivity index (χ2n) is 6.51. The number of benzene rings is 2. The van der Waals surface area contributed by atoms with Gasteiger partial charge in [-0.15, -0.1) is 0 Å². The predicted octanol–water partition coefficient (Wildman–Crippen LogP) is 6.19. The fourth-order valence-corrected chi connectivity index (χ4v) is 3.09. The van der Waals surface area contributed by atoms with Gasteiger partial charge in [-0.3, -0.25) is 0 Å². The number of halogens is 2. The van der Waals surface area contributed by atoms with Crippen LogP contribution in [0.1, 0.15) is 25.0 Å². The largest absolute Gasteiger partial charge is 0.490 e. The van der Waals surface area contributed by atoms with Gasteiger partial charge in [-0.25, -0.2) is 4.98 Å². The van der Waals surface area contributed by atoms with Gasteiger partial charge in [0.15, 0.2) is 5.75 Å². The lowest BCUT2D eigenvalue weighted by Crippen LogP contribution is -2.05. The van der Waals surface area contributed by atoms with E-state index < -0.39 is 0 Å². The van der Waals surface area contributed by atoms with Gasteiger partial charge in [0.05, 0.1) is 27.7 Å². The van der Waals surface area contributed by atoms with Crippen molar-refractivity contribution in [2.24, 2.45) is 5.92 Å². The minimum absolute atomic E-state index is 0.402. The van der Waals surface area contributed by atoms with Crippen molar-refractivity contribution in [1.82, 2.24) is 9.97 Å². The molecule has 0 aliphatic carbocycles. The molecule has 0 fully saturated rings. The van der Waals surface area contributed by atoms with Crippen molar-refractivity contribution in [3.63, 3.8) is 0 Å². The number of aromatic nitrogens is 2. The van der Waals surface area contributed by atoms with Crippen LogP contribution in [0.15, 0.2) is 24.3 Å². The van der Waals surface area contributed by atoms with Crippen LogP contribution in [0, 0.1) is 19.8 Å². The Kier molecular flexibility index (Phi) is 4.75. The van der Waals surface area contributed by atoms with Gasteiger partial charge in [0.2, 0.25) is 0 Å². The molecule has 0 saturated carbocycles. The molecule has 1 N–H and O–H groups in total. The molecule has 0 amide bonds. The number of nitrogens with one attached hydrogen (secondary N) is 1. The minimum atomic E-state index is 0.402. The summed E-state index contributed by atoms with van der Waals surface area (Å²) in [6.07, 6.45) is 0. The first-order valence-corrected chi connectivity index (χ1v) is 8.70. The average Bonchev–Trinajstić information content (AvgIpc) is 2.89. The Balaban J connectivity index is 2.00. The van der Waals surface area contributed by atoms with Crippen molar-refractivity contribution in [2.75, 3.05) is 6.61 Å². The number of ether oxygens (including phenoxy) is 1. The number of fused-ring (bicyclic) bond motifs is 1. The molecule has 0 radical (unpaired) electrons. The van der Waals surface area contributed by atoms with Crippen LogP contribution in [0.2, 0.25) is 10.0 Å². The van der Waals surface area contributed by atoms with E-state index in [0.29, 0.717) is 28.3 Å². The zero-order valence-corrected chi connectivity index (χ0v) is 15.7. The zero-order valence-electron chi connectivity index (χ0n) is 14.2. The molecular formula is C19H20Cl2N2O. The van der Waals surface area contributed by atoms with E-state index in [9.17, 15) is 0 Å². The van der Waals surface area contributed by atoms with Gasteiger partial charge >= 0.3 is 0 Å². The lowest BCUT2D eigenvalue weighted by Gasteiger charge is -2.12. The molecule has 0 atom stereocenters. The van der Waals surface area contributed by atoms with E-state index >= 15 is 0 Å². The molecule has 3 aromatic rings. The van der Waals surface area contributed by atoms with Crippen molar-refractivity contribution in [2.45, 2.75) is 27.7 Å². The normalized spacial score (nSPS) is 11.5. The number of aromatic amines is 1. The Morgan fingerprint density at radius 1 is 1.04 bits per heavy atom. The second-order valence-corrected chi connectivity index (χ2v) is 7.33. The van der Waals surface area contributed by atoms with Crippen LogP contribution in [-0.4, -0.2) is 16.6 Å². The first-order valence-electron chi connectivity index (χ1n) is 7.94. The molecule has 0 spiro atoms. The maximum absolute atomic E-state index is 6.37. The lowest BCUT2D eigenvalue weighted by atomic mass is 10.1. The Bertz CT molecular complexity index is 838. The van der Waals surface area contributed by atoms with Crippen LogP contribution in [0.25, 0.3) is 22.4 Å². The van der Waals surface area contributed by atoms with Crippen LogP contribution in [-0.2, 0) is 0 Å². The molecule has 5 heteroatoms. The Labute approximate surface area is 152 Å². The molecular weight excluding hydrogens is 343 g/mol. The Morgan fingerprint density at radius 3 is 2.29 bits per heavy atom. The highest BCUT2D eigenvalue weighted by molar-refractivity contribution is 6.37. The van der Waals surface area contributed by atoms with Gasteiger partial charge in [-0.1, -0.05) is 37.0 Å². The Hall–Kier alpha value is -1.71.